The summed E-state index contributed by atoms with van der Waals surface area (Å²) in [5.41, 5.74) is 7.67. The molecule has 146 valence electrons. The fourth-order valence-electron chi connectivity index (χ4n) is 3.36. The van der Waals surface area contributed by atoms with E-state index in [0.717, 1.165) is 15.8 Å². The van der Waals surface area contributed by atoms with Crippen LogP contribution in [0.1, 0.15) is 11.1 Å². The number of urea groups is 1. The second kappa shape index (κ2) is 7.44. The number of imide groups is 1. The number of carbonyl (C=O) groups excluding carboxylic acids is 3. The van der Waals surface area contributed by atoms with Crippen molar-refractivity contribution in [2.75, 3.05) is 0 Å². The minimum absolute atomic E-state index is 0.0165. The zero-order valence-corrected chi connectivity index (χ0v) is 16.0. The zero-order chi connectivity index (χ0) is 20.5. The Bertz CT molecular complexity index is 1180. The highest BCUT2D eigenvalue weighted by Crippen LogP contribution is 2.26. The molecule has 3 N–H and O–H groups in total. The van der Waals surface area contributed by atoms with Gasteiger partial charge >= 0.3 is 6.03 Å². The molecule has 4 amide bonds. The Morgan fingerprint density at radius 2 is 1.83 bits per heavy atom. The first-order valence-electron chi connectivity index (χ1n) is 8.88. The molecule has 1 fully saturated rings. The quantitative estimate of drug-likeness (QED) is 0.501. The highest BCUT2D eigenvalue weighted by atomic mass is 35.5. The molecule has 2 heterocycles. The van der Waals surface area contributed by atoms with Crippen LogP contribution < -0.4 is 11.1 Å². The van der Waals surface area contributed by atoms with Gasteiger partial charge in [-0.15, -0.1) is 0 Å². The third kappa shape index (κ3) is 3.60. The van der Waals surface area contributed by atoms with Crippen LogP contribution in [0.2, 0.25) is 5.02 Å². The number of fused-ring (bicyclic) bond motifs is 1. The predicted octanol–water partition coefficient (Wildman–Crippen LogP) is 2.87. The standard InChI is InChI=1S/C21H17ClN4O3/c22-16-7-3-1-5-13(16)11-26-20(28)17(24-21(26)29)9-14-10-25(12-19(23)27)18-8-4-2-6-15(14)18/h1-10H,11-12H2,(H2,23,27)(H,24,29)/b17-9+. The lowest BCUT2D eigenvalue weighted by Crippen LogP contribution is -2.30. The molecule has 29 heavy (non-hydrogen) atoms. The van der Waals surface area contributed by atoms with Gasteiger partial charge in [-0.3, -0.25) is 14.5 Å². The number of hydrogen-bond donors (Lipinski definition) is 2. The average Bonchev–Trinajstić information content (AvgIpc) is 3.15. The lowest BCUT2D eigenvalue weighted by atomic mass is 10.1. The molecular formula is C21H17ClN4O3. The number of halogens is 1. The van der Waals surface area contributed by atoms with E-state index in [0.29, 0.717) is 16.1 Å². The monoisotopic (exact) mass is 408 g/mol. The average molecular weight is 409 g/mol. The van der Waals surface area contributed by atoms with Crippen molar-refractivity contribution in [3.8, 4) is 0 Å². The molecule has 1 aliphatic rings. The van der Waals surface area contributed by atoms with Crippen LogP contribution in [0.5, 0.6) is 0 Å². The number of amides is 4. The zero-order valence-electron chi connectivity index (χ0n) is 15.3. The molecule has 1 aromatic heterocycles. The van der Waals surface area contributed by atoms with Crippen molar-refractivity contribution < 1.29 is 14.4 Å². The van der Waals surface area contributed by atoms with Crippen LogP contribution in [-0.4, -0.2) is 27.3 Å². The summed E-state index contributed by atoms with van der Waals surface area (Å²) in [6.07, 6.45) is 3.34. The molecule has 8 heteroatoms. The van der Waals surface area contributed by atoms with Gasteiger partial charge in [0.1, 0.15) is 12.2 Å². The van der Waals surface area contributed by atoms with Crippen molar-refractivity contribution >= 4 is 46.4 Å². The Hall–Kier alpha value is -3.58. The topological polar surface area (TPSA) is 97.4 Å². The van der Waals surface area contributed by atoms with E-state index < -0.39 is 17.8 Å². The van der Waals surface area contributed by atoms with Crippen LogP contribution in [0.25, 0.3) is 17.0 Å². The molecule has 0 atom stereocenters. The van der Waals surface area contributed by atoms with Gasteiger partial charge in [0, 0.05) is 27.7 Å². The number of aromatic nitrogens is 1. The summed E-state index contributed by atoms with van der Waals surface area (Å²) in [6, 6.07) is 14.0. The van der Waals surface area contributed by atoms with Gasteiger partial charge in [-0.1, -0.05) is 48.0 Å². The molecule has 7 nitrogen and oxygen atoms in total. The van der Waals surface area contributed by atoms with E-state index in [1.807, 2.05) is 24.3 Å². The van der Waals surface area contributed by atoms with Gasteiger partial charge in [0.25, 0.3) is 5.91 Å². The molecule has 4 rings (SSSR count). The summed E-state index contributed by atoms with van der Waals surface area (Å²) < 4.78 is 1.72. The Balaban J connectivity index is 1.67. The van der Waals surface area contributed by atoms with Crippen LogP contribution in [0.15, 0.2) is 60.4 Å². The van der Waals surface area contributed by atoms with Gasteiger partial charge in [-0.05, 0) is 23.8 Å². The molecule has 0 aliphatic carbocycles. The molecule has 1 aliphatic heterocycles. The summed E-state index contributed by atoms with van der Waals surface area (Å²) >= 11 is 6.15. The minimum Gasteiger partial charge on any atom is -0.368 e. The number of rotatable bonds is 5. The molecule has 0 bridgehead atoms. The smallest absolute Gasteiger partial charge is 0.329 e. The van der Waals surface area contributed by atoms with E-state index in [-0.39, 0.29) is 18.8 Å². The first-order chi connectivity index (χ1) is 13.9. The van der Waals surface area contributed by atoms with Crippen molar-refractivity contribution in [1.29, 1.82) is 0 Å². The van der Waals surface area contributed by atoms with Crippen LogP contribution >= 0.6 is 11.6 Å². The Kier molecular flexibility index (Phi) is 4.82. The summed E-state index contributed by atoms with van der Waals surface area (Å²) in [7, 11) is 0. The van der Waals surface area contributed by atoms with E-state index in [2.05, 4.69) is 5.32 Å². The van der Waals surface area contributed by atoms with Gasteiger partial charge in [0.05, 0.1) is 6.54 Å². The van der Waals surface area contributed by atoms with Crippen LogP contribution in [0.4, 0.5) is 4.79 Å². The molecule has 1 saturated heterocycles. The lowest BCUT2D eigenvalue weighted by Gasteiger charge is -2.12. The predicted molar refractivity (Wildman–Crippen MR) is 110 cm³/mol. The second-order valence-corrected chi connectivity index (χ2v) is 7.07. The number of benzene rings is 2. The lowest BCUT2D eigenvalue weighted by molar-refractivity contribution is -0.123. The van der Waals surface area contributed by atoms with Gasteiger partial charge in [-0.25, -0.2) is 4.79 Å². The molecule has 0 radical (unpaired) electrons. The number of primary amides is 1. The molecule has 0 unspecified atom stereocenters. The van der Waals surface area contributed by atoms with Crippen molar-refractivity contribution in [2.45, 2.75) is 13.1 Å². The van der Waals surface area contributed by atoms with Crippen LogP contribution in [-0.2, 0) is 22.7 Å². The third-order valence-corrected chi connectivity index (χ3v) is 5.06. The van der Waals surface area contributed by atoms with Crippen LogP contribution in [0, 0.1) is 0 Å². The highest BCUT2D eigenvalue weighted by molar-refractivity contribution is 6.31. The maximum Gasteiger partial charge on any atom is 0.329 e. The molecule has 2 aromatic carbocycles. The fraction of sp³-hybridized carbons (Fsp3) is 0.0952. The largest absolute Gasteiger partial charge is 0.368 e. The van der Waals surface area contributed by atoms with Crippen molar-refractivity contribution in [2.24, 2.45) is 5.73 Å². The number of carbonyl (C=O) groups is 3. The van der Waals surface area contributed by atoms with E-state index in [1.54, 1.807) is 41.1 Å². The minimum atomic E-state index is -0.512. The molecule has 0 spiro atoms. The number of nitrogens with zero attached hydrogens (tertiary/aromatic N) is 2. The van der Waals surface area contributed by atoms with Gasteiger partial charge in [0.2, 0.25) is 5.91 Å². The molecular weight excluding hydrogens is 392 g/mol. The maximum atomic E-state index is 12.8. The van der Waals surface area contributed by atoms with Crippen LogP contribution in [0.3, 0.4) is 0 Å². The van der Waals surface area contributed by atoms with Gasteiger partial charge in [-0.2, -0.15) is 0 Å². The van der Waals surface area contributed by atoms with E-state index in [9.17, 15) is 14.4 Å². The van der Waals surface area contributed by atoms with Crippen molar-refractivity contribution in [1.82, 2.24) is 14.8 Å². The van der Waals surface area contributed by atoms with Crippen molar-refractivity contribution in [3.05, 3.63) is 76.6 Å². The summed E-state index contributed by atoms with van der Waals surface area (Å²) in [6.45, 7) is 0.0910. The Labute approximate surface area is 171 Å². The Morgan fingerprint density at radius 1 is 1.10 bits per heavy atom. The first kappa shape index (κ1) is 18.8. The first-order valence-corrected chi connectivity index (χ1v) is 9.26. The van der Waals surface area contributed by atoms with Gasteiger partial charge < -0.3 is 15.6 Å². The molecule has 0 saturated carbocycles. The normalized spacial score (nSPS) is 15.3. The maximum absolute atomic E-state index is 12.8. The Morgan fingerprint density at radius 3 is 2.59 bits per heavy atom. The van der Waals surface area contributed by atoms with E-state index >= 15 is 0 Å². The number of nitrogens with one attached hydrogen (secondary N) is 1. The summed E-state index contributed by atoms with van der Waals surface area (Å²) in [4.78, 5) is 37.6. The second-order valence-electron chi connectivity index (χ2n) is 6.67. The van der Waals surface area contributed by atoms with E-state index in [4.69, 9.17) is 17.3 Å². The van der Waals surface area contributed by atoms with E-state index in [1.165, 1.54) is 0 Å². The summed E-state index contributed by atoms with van der Waals surface area (Å²) in [5, 5.41) is 3.94. The van der Waals surface area contributed by atoms with Gasteiger partial charge in [0.15, 0.2) is 0 Å². The third-order valence-electron chi connectivity index (χ3n) is 4.69. The molecule has 3 aromatic rings. The fourth-order valence-corrected chi connectivity index (χ4v) is 3.55. The number of nitrogens with two attached hydrogens (primary N) is 1. The number of hydrogen-bond acceptors (Lipinski definition) is 3. The number of para-hydroxylation sites is 1. The van der Waals surface area contributed by atoms with Crippen molar-refractivity contribution in [3.63, 3.8) is 0 Å². The summed E-state index contributed by atoms with van der Waals surface area (Å²) in [5.74, 6) is -0.914. The highest BCUT2D eigenvalue weighted by Gasteiger charge is 2.34. The SMILES string of the molecule is NC(=O)Cn1cc(/C=C2/NC(=O)N(Cc3ccccc3Cl)C2=O)c2ccccc21.